The first-order valence-corrected chi connectivity index (χ1v) is 10.5. The first-order chi connectivity index (χ1) is 15.9. The molecule has 0 atom stereocenters. The Hall–Kier alpha value is -3.94. The van der Waals surface area contributed by atoms with Crippen molar-refractivity contribution in [2.45, 2.75) is 0 Å². The van der Waals surface area contributed by atoms with Gasteiger partial charge in [-0.2, -0.15) is 0 Å². The molecule has 0 fully saturated rings. The lowest BCUT2D eigenvalue weighted by Crippen LogP contribution is -2.12. The van der Waals surface area contributed by atoms with Crippen LogP contribution in [0.4, 0.5) is 11.4 Å². The van der Waals surface area contributed by atoms with Gasteiger partial charge in [-0.15, -0.1) is 0 Å². The van der Waals surface area contributed by atoms with E-state index in [9.17, 15) is 14.9 Å². The lowest BCUT2D eigenvalue weighted by molar-refractivity contribution is -0.384. The number of hydrogen-bond donors (Lipinski definition) is 1. The second kappa shape index (κ2) is 8.20. The molecule has 9 heteroatoms. The van der Waals surface area contributed by atoms with E-state index in [-0.39, 0.29) is 16.3 Å². The number of fused-ring (bicyclic) bond motifs is 2. The predicted molar refractivity (Wildman–Crippen MR) is 128 cm³/mol. The molecule has 0 aliphatic heterocycles. The number of benzene rings is 4. The number of aromatic nitrogens is 1. The van der Waals surface area contributed by atoms with Gasteiger partial charge in [-0.1, -0.05) is 47.5 Å². The summed E-state index contributed by atoms with van der Waals surface area (Å²) in [6, 6.07) is 20.1. The Balaban J connectivity index is 1.47. The number of nitrogens with zero attached hydrogens (tertiary/aromatic N) is 2. The molecule has 5 aromatic rings. The van der Waals surface area contributed by atoms with Gasteiger partial charge < -0.3 is 9.73 Å². The molecule has 4 aromatic carbocycles. The minimum absolute atomic E-state index is 0.0129. The lowest BCUT2D eigenvalue weighted by Gasteiger charge is -2.06. The van der Waals surface area contributed by atoms with Crippen molar-refractivity contribution in [2.24, 2.45) is 0 Å². The molecular formula is C24H13Cl2N3O4. The highest BCUT2D eigenvalue weighted by Crippen LogP contribution is 2.34. The van der Waals surface area contributed by atoms with Crippen molar-refractivity contribution in [1.82, 2.24) is 4.98 Å². The molecule has 1 heterocycles. The molecule has 162 valence electrons. The average Bonchev–Trinajstić information content (AvgIpc) is 3.22. The van der Waals surface area contributed by atoms with E-state index in [0.29, 0.717) is 27.7 Å². The smallest absolute Gasteiger partial charge is 0.270 e. The van der Waals surface area contributed by atoms with Crippen molar-refractivity contribution >= 4 is 62.4 Å². The number of hydrogen-bond acceptors (Lipinski definition) is 5. The van der Waals surface area contributed by atoms with Crippen molar-refractivity contribution in [2.75, 3.05) is 5.32 Å². The van der Waals surface area contributed by atoms with Crippen molar-refractivity contribution in [3.05, 3.63) is 98.5 Å². The van der Waals surface area contributed by atoms with E-state index in [2.05, 4.69) is 10.3 Å². The number of oxazole rings is 1. The number of nitro groups is 1. The summed E-state index contributed by atoms with van der Waals surface area (Å²) in [5.41, 5.74) is 2.31. The Morgan fingerprint density at radius 2 is 1.73 bits per heavy atom. The fourth-order valence-corrected chi connectivity index (χ4v) is 4.08. The third-order valence-corrected chi connectivity index (χ3v) is 5.80. The molecule has 0 spiro atoms. The van der Waals surface area contributed by atoms with Gasteiger partial charge in [-0.3, -0.25) is 14.9 Å². The van der Waals surface area contributed by atoms with Crippen LogP contribution in [0.2, 0.25) is 10.0 Å². The standard InChI is InChI=1S/C24H13Cl2N3O4/c25-19-6-2-3-15-16(19)4-1-5-17(15)24-28-21-11-13(7-10-22(21)33-24)27-23(30)18-9-8-14(29(31)32)12-20(18)26/h1-12H,(H,27,30). The Labute approximate surface area is 196 Å². The quantitative estimate of drug-likeness (QED) is 0.219. The van der Waals surface area contributed by atoms with E-state index >= 15 is 0 Å². The van der Waals surface area contributed by atoms with Crippen LogP contribution in [0.1, 0.15) is 10.4 Å². The molecule has 0 radical (unpaired) electrons. The van der Waals surface area contributed by atoms with Crippen LogP contribution in [0.25, 0.3) is 33.3 Å². The maximum Gasteiger partial charge on any atom is 0.270 e. The van der Waals surface area contributed by atoms with Gasteiger partial charge in [-0.25, -0.2) is 4.98 Å². The van der Waals surface area contributed by atoms with Gasteiger partial charge in [0.05, 0.1) is 15.5 Å². The van der Waals surface area contributed by atoms with Gasteiger partial charge in [-0.05, 0) is 41.8 Å². The highest BCUT2D eigenvalue weighted by Gasteiger charge is 2.17. The normalized spacial score (nSPS) is 11.1. The van der Waals surface area contributed by atoms with E-state index in [0.717, 1.165) is 22.4 Å². The molecule has 1 N–H and O–H groups in total. The van der Waals surface area contributed by atoms with Crippen LogP contribution in [0.15, 0.2) is 77.2 Å². The molecule has 0 aliphatic rings. The Morgan fingerprint density at radius 1 is 0.939 bits per heavy atom. The van der Waals surface area contributed by atoms with Crippen LogP contribution >= 0.6 is 23.2 Å². The summed E-state index contributed by atoms with van der Waals surface area (Å²) in [6.07, 6.45) is 0. The fourth-order valence-electron chi connectivity index (χ4n) is 3.58. The number of halogens is 2. The van der Waals surface area contributed by atoms with Crippen LogP contribution in [-0.2, 0) is 0 Å². The second-order valence-electron chi connectivity index (χ2n) is 7.22. The van der Waals surface area contributed by atoms with Crippen LogP contribution in [0.5, 0.6) is 0 Å². The van der Waals surface area contributed by atoms with Crippen molar-refractivity contribution in [3.63, 3.8) is 0 Å². The first kappa shape index (κ1) is 20.9. The number of anilines is 1. The molecule has 0 unspecified atom stereocenters. The Kier molecular flexibility index (Phi) is 5.20. The number of amides is 1. The van der Waals surface area contributed by atoms with Crippen LogP contribution in [0.3, 0.4) is 0 Å². The van der Waals surface area contributed by atoms with Gasteiger partial charge in [0, 0.05) is 33.8 Å². The molecule has 0 aliphatic carbocycles. The Morgan fingerprint density at radius 3 is 2.52 bits per heavy atom. The van der Waals surface area contributed by atoms with E-state index in [1.165, 1.54) is 12.1 Å². The zero-order valence-corrected chi connectivity index (χ0v) is 18.2. The molecule has 0 saturated carbocycles. The van der Waals surface area contributed by atoms with Crippen LogP contribution in [0, 0.1) is 10.1 Å². The van der Waals surface area contributed by atoms with Gasteiger partial charge in [0.15, 0.2) is 5.58 Å². The number of rotatable bonds is 4. The fraction of sp³-hybridized carbons (Fsp3) is 0. The number of non-ortho nitro benzene ring substituents is 1. The maximum absolute atomic E-state index is 12.6. The van der Waals surface area contributed by atoms with Crippen LogP contribution in [-0.4, -0.2) is 15.8 Å². The molecule has 5 rings (SSSR count). The van der Waals surface area contributed by atoms with Gasteiger partial charge in [0.25, 0.3) is 11.6 Å². The summed E-state index contributed by atoms with van der Waals surface area (Å²) in [5, 5.41) is 16.0. The van der Waals surface area contributed by atoms with Crippen molar-refractivity contribution < 1.29 is 14.1 Å². The highest BCUT2D eigenvalue weighted by molar-refractivity contribution is 6.36. The van der Waals surface area contributed by atoms with E-state index in [4.69, 9.17) is 27.6 Å². The summed E-state index contributed by atoms with van der Waals surface area (Å²) in [5.74, 6) is -0.0681. The SMILES string of the molecule is O=C(Nc1ccc2oc(-c3cccc4c(Cl)cccc34)nc2c1)c1ccc([N+](=O)[O-])cc1Cl. The van der Waals surface area contributed by atoms with Crippen LogP contribution < -0.4 is 5.32 Å². The summed E-state index contributed by atoms with van der Waals surface area (Å²) in [6.45, 7) is 0. The highest BCUT2D eigenvalue weighted by atomic mass is 35.5. The van der Waals surface area contributed by atoms with E-state index < -0.39 is 10.8 Å². The average molecular weight is 478 g/mol. The monoisotopic (exact) mass is 477 g/mol. The van der Waals surface area contributed by atoms with E-state index in [1.807, 2.05) is 36.4 Å². The molecular weight excluding hydrogens is 465 g/mol. The Bertz CT molecular complexity index is 1580. The molecule has 0 saturated heterocycles. The summed E-state index contributed by atoms with van der Waals surface area (Å²) in [7, 11) is 0. The molecule has 1 aromatic heterocycles. The van der Waals surface area contributed by atoms with Gasteiger partial charge >= 0.3 is 0 Å². The first-order valence-electron chi connectivity index (χ1n) is 9.74. The topological polar surface area (TPSA) is 98.3 Å². The zero-order valence-electron chi connectivity index (χ0n) is 16.7. The van der Waals surface area contributed by atoms with E-state index in [1.54, 1.807) is 18.2 Å². The molecule has 1 amide bonds. The van der Waals surface area contributed by atoms with Crippen molar-refractivity contribution in [3.8, 4) is 11.5 Å². The number of carbonyl (C=O) groups is 1. The maximum atomic E-state index is 12.6. The largest absolute Gasteiger partial charge is 0.436 e. The number of nitrogens with one attached hydrogen (secondary N) is 1. The second-order valence-corrected chi connectivity index (χ2v) is 8.03. The minimum Gasteiger partial charge on any atom is -0.436 e. The summed E-state index contributed by atoms with van der Waals surface area (Å²) >= 11 is 12.4. The summed E-state index contributed by atoms with van der Waals surface area (Å²) < 4.78 is 5.95. The molecule has 7 nitrogen and oxygen atoms in total. The number of nitro benzene ring substituents is 1. The third kappa shape index (κ3) is 3.88. The minimum atomic E-state index is -0.576. The number of carbonyl (C=O) groups excluding carboxylic acids is 1. The molecule has 0 bridgehead atoms. The van der Waals surface area contributed by atoms with Crippen molar-refractivity contribution in [1.29, 1.82) is 0 Å². The van der Waals surface area contributed by atoms with Gasteiger partial charge in [0.2, 0.25) is 5.89 Å². The van der Waals surface area contributed by atoms with Gasteiger partial charge in [0.1, 0.15) is 5.52 Å². The predicted octanol–water partition coefficient (Wildman–Crippen LogP) is 7.12. The zero-order chi connectivity index (χ0) is 23.1. The third-order valence-electron chi connectivity index (χ3n) is 5.15. The lowest BCUT2D eigenvalue weighted by atomic mass is 10.0. The molecule has 33 heavy (non-hydrogen) atoms. The summed E-state index contributed by atoms with van der Waals surface area (Å²) in [4.78, 5) is 27.5.